The van der Waals surface area contributed by atoms with E-state index in [1.165, 1.54) is 10.9 Å². The van der Waals surface area contributed by atoms with Gasteiger partial charge in [-0.25, -0.2) is 4.79 Å². The van der Waals surface area contributed by atoms with Gasteiger partial charge >= 0.3 is 5.97 Å². The molecule has 0 fully saturated rings. The number of carbonyl (C=O) groups is 1. The van der Waals surface area contributed by atoms with E-state index in [0.29, 0.717) is 0 Å². The first-order chi connectivity index (χ1) is 5.52. The third-order valence-electron chi connectivity index (χ3n) is 1.52. The Morgan fingerprint density at radius 1 is 1.75 bits per heavy atom. The number of carboxylic acids is 1. The summed E-state index contributed by atoms with van der Waals surface area (Å²) in [6.45, 7) is 3.80. The van der Waals surface area contributed by atoms with Crippen molar-refractivity contribution in [2.24, 2.45) is 0 Å². The lowest BCUT2D eigenvalue weighted by molar-refractivity contribution is 0.0698. The summed E-state index contributed by atoms with van der Waals surface area (Å²) in [4.78, 5) is 10.5. The monoisotopic (exact) mass is 169 g/mol. The fourth-order valence-corrected chi connectivity index (χ4v) is 0.835. The second-order valence-electron chi connectivity index (χ2n) is 2.81. The minimum Gasteiger partial charge on any atom is -0.477 e. The van der Waals surface area contributed by atoms with Crippen molar-refractivity contribution in [3.05, 3.63) is 11.8 Å². The zero-order valence-corrected chi connectivity index (χ0v) is 6.98. The van der Waals surface area contributed by atoms with Gasteiger partial charge in [-0.2, -0.15) is 5.10 Å². The maximum Gasteiger partial charge on any atom is 0.341 e. The number of carboxylic acid groups (broad SMARTS) is 1. The molecule has 0 amide bonds. The summed E-state index contributed by atoms with van der Waals surface area (Å²) in [5.41, 5.74) is 5.43. The molecule has 0 atom stereocenters. The second-order valence-corrected chi connectivity index (χ2v) is 2.81. The van der Waals surface area contributed by atoms with E-state index in [4.69, 9.17) is 10.8 Å². The number of nitrogens with two attached hydrogens (primary N) is 1. The standard InChI is InChI=1S/C7H11N3O2/c1-4(2)10-3-5(7(11)12)6(8)9-10/h3-4H,1-2H3,(H2,8,9)(H,11,12). The summed E-state index contributed by atoms with van der Waals surface area (Å²) < 4.78 is 1.53. The average molecular weight is 169 g/mol. The van der Waals surface area contributed by atoms with Crippen LogP contribution in [0.2, 0.25) is 0 Å². The normalized spacial score (nSPS) is 10.6. The van der Waals surface area contributed by atoms with Crippen molar-refractivity contribution in [3.8, 4) is 0 Å². The quantitative estimate of drug-likeness (QED) is 0.684. The maximum absolute atomic E-state index is 10.5. The number of anilines is 1. The predicted molar refractivity (Wildman–Crippen MR) is 44.0 cm³/mol. The summed E-state index contributed by atoms with van der Waals surface area (Å²) in [7, 11) is 0. The van der Waals surface area contributed by atoms with Crippen LogP contribution in [-0.4, -0.2) is 20.9 Å². The fourth-order valence-electron chi connectivity index (χ4n) is 0.835. The molecule has 0 bridgehead atoms. The molecule has 0 aliphatic rings. The number of nitrogen functional groups attached to an aromatic ring is 1. The highest BCUT2D eigenvalue weighted by molar-refractivity contribution is 5.92. The van der Waals surface area contributed by atoms with Gasteiger partial charge in [0, 0.05) is 12.2 Å². The van der Waals surface area contributed by atoms with Crippen LogP contribution in [0.4, 0.5) is 5.82 Å². The molecule has 5 nitrogen and oxygen atoms in total. The molecule has 3 N–H and O–H groups in total. The summed E-state index contributed by atoms with van der Waals surface area (Å²) >= 11 is 0. The largest absolute Gasteiger partial charge is 0.477 e. The van der Waals surface area contributed by atoms with Gasteiger partial charge in [-0.05, 0) is 13.8 Å². The van der Waals surface area contributed by atoms with Gasteiger partial charge < -0.3 is 10.8 Å². The van der Waals surface area contributed by atoms with E-state index >= 15 is 0 Å². The number of hydrogen-bond donors (Lipinski definition) is 2. The van der Waals surface area contributed by atoms with Crippen molar-refractivity contribution in [1.82, 2.24) is 9.78 Å². The second kappa shape index (κ2) is 2.84. The van der Waals surface area contributed by atoms with E-state index in [1.807, 2.05) is 13.8 Å². The summed E-state index contributed by atoms with van der Waals surface area (Å²) in [5.74, 6) is -0.976. The van der Waals surface area contributed by atoms with Gasteiger partial charge in [0.1, 0.15) is 5.56 Å². The Balaban J connectivity index is 3.09. The van der Waals surface area contributed by atoms with E-state index in [9.17, 15) is 4.79 Å². The molecule has 0 aliphatic heterocycles. The summed E-state index contributed by atoms with van der Waals surface area (Å²) in [6, 6.07) is 0.125. The van der Waals surface area contributed by atoms with Crippen LogP contribution in [0.15, 0.2) is 6.20 Å². The molecule has 0 radical (unpaired) electrons. The van der Waals surface area contributed by atoms with Crippen molar-refractivity contribution in [2.75, 3.05) is 5.73 Å². The van der Waals surface area contributed by atoms with Crippen LogP contribution in [0.25, 0.3) is 0 Å². The molecule has 0 aliphatic carbocycles. The van der Waals surface area contributed by atoms with Crippen LogP contribution >= 0.6 is 0 Å². The third-order valence-corrected chi connectivity index (χ3v) is 1.52. The van der Waals surface area contributed by atoms with E-state index in [1.54, 1.807) is 0 Å². The van der Waals surface area contributed by atoms with Gasteiger partial charge in [0.05, 0.1) is 0 Å². The molecule has 0 saturated carbocycles. The Kier molecular flexibility index (Phi) is 2.03. The minimum atomic E-state index is -1.04. The lowest BCUT2D eigenvalue weighted by Gasteiger charge is -2.02. The van der Waals surface area contributed by atoms with E-state index in [2.05, 4.69) is 5.10 Å². The van der Waals surface area contributed by atoms with Crippen LogP contribution in [0.1, 0.15) is 30.2 Å². The predicted octanol–water partition coefficient (Wildman–Crippen LogP) is 0.744. The van der Waals surface area contributed by atoms with Crippen molar-refractivity contribution in [1.29, 1.82) is 0 Å². The van der Waals surface area contributed by atoms with Gasteiger partial charge in [-0.15, -0.1) is 0 Å². The molecule has 0 saturated heterocycles. The van der Waals surface area contributed by atoms with Crippen LogP contribution in [-0.2, 0) is 0 Å². The Bertz CT molecular complexity index is 304. The first kappa shape index (κ1) is 8.58. The number of hydrogen-bond acceptors (Lipinski definition) is 3. The first-order valence-electron chi connectivity index (χ1n) is 3.60. The van der Waals surface area contributed by atoms with E-state index < -0.39 is 5.97 Å². The molecule has 1 rings (SSSR count). The highest BCUT2D eigenvalue weighted by Gasteiger charge is 2.13. The van der Waals surface area contributed by atoms with Gasteiger partial charge in [-0.1, -0.05) is 0 Å². The summed E-state index contributed by atoms with van der Waals surface area (Å²) in [5, 5.41) is 12.5. The third kappa shape index (κ3) is 1.39. The van der Waals surface area contributed by atoms with Crippen LogP contribution < -0.4 is 5.73 Å². The number of nitrogens with zero attached hydrogens (tertiary/aromatic N) is 2. The molecule has 0 aromatic carbocycles. The zero-order chi connectivity index (χ0) is 9.30. The Morgan fingerprint density at radius 3 is 2.58 bits per heavy atom. The minimum absolute atomic E-state index is 0.0590. The van der Waals surface area contributed by atoms with Crippen LogP contribution in [0.3, 0.4) is 0 Å². The average Bonchev–Trinajstić information content (AvgIpc) is 2.30. The number of aromatic carboxylic acids is 1. The maximum atomic E-state index is 10.5. The molecule has 0 unspecified atom stereocenters. The molecular weight excluding hydrogens is 158 g/mol. The zero-order valence-electron chi connectivity index (χ0n) is 6.98. The van der Waals surface area contributed by atoms with Crippen molar-refractivity contribution in [3.63, 3.8) is 0 Å². The van der Waals surface area contributed by atoms with Crippen molar-refractivity contribution < 1.29 is 9.90 Å². The topological polar surface area (TPSA) is 81.1 Å². The molecule has 1 heterocycles. The molecule has 1 aromatic rings. The van der Waals surface area contributed by atoms with Crippen molar-refractivity contribution in [2.45, 2.75) is 19.9 Å². The molecule has 1 aromatic heterocycles. The molecular formula is C7H11N3O2. The van der Waals surface area contributed by atoms with Gasteiger partial charge in [-0.3, -0.25) is 4.68 Å². The van der Waals surface area contributed by atoms with Gasteiger partial charge in [0.15, 0.2) is 5.82 Å². The summed E-state index contributed by atoms with van der Waals surface area (Å²) in [6.07, 6.45) is 1.43. The van der Waals surface area contributed by atoms with Crippen LogP contribution in [0.5, 0.6) is 0 Å². The SMILES string of the molecule is CC(C)n1cc(C(=O)O)c(N)n1. The van der Waals surface area contributed by atoms with E-state index in [0.717, 1.165) is 0 Å². The number of aromatic nitrogens is 2. The number of rotatable bonds is 2. The Hall–Kier alpha value is -1.52. The van der Waals surface area contributed by atoms with E-state index in [-0.39, 0.29) is 17.4 Å². The van der Waals surface area contributed by atoms with Gasteiger partial charge in [0.25, 0.3) is 0 Å². The van der Waals surface area contributed by atoms with Gasteiger partial charge in [0.2, 0.25) is 0 Å². The lowest BCUT2D eigenvalue weighted by atomic mass is 10.3. The van der Waals surface area contributed by atoms with Crippen molar-refractivity contribution >= 4 is 11.8 Å². The molecule has 12 heavy (non-hydrogen) atoms. The first-order valence-corrected chi connectivity index (χ1v) is 3.60. The molecule has 0 spiro atoms. The lowest BCUT2D eigenvalue weighted by Crippen LogP contribution is -2.01. The smallest absolute Gasteiger partial charge is 0.341 e. The highest BCUT2D eigenvalue weighted by Crippen LogP contribution is 2.12. The molecule has 5 heteroatoms. The fraction of sp³-hybridized carbons (Fsp3) is 0.429. The Morgan fingerprint density at radius 2 is 2.33 bits per heavy atom. The molecule has 66 valence electrons. The highest BCUT2D eigenvalue weighted by atomic mass is 16.4. The van der Waals surface area contributed by atoms with Crippen LogP contribution in [0, 0.1) is 0 Å². The Labute approximate surface area is 69.8 Å².